The van der Waals surface area contributed by atoms with Crippen molar-refractivity contribution in [3.63, 3.8) is 0 Å². The van der Waals surface area contributed by atoms with E-state index in [0.29, 0.717) is 13.0 Å². The third kappa shape index (κ3) is 5.56. The first-order valence-corrected chi connectivity index (χ1v) is 6.15. The molecular formula is C15H19NO3. The van der Waals surface area contributed by atoms with Crippen LogP contribution < -0.4 is 5.32 Å². The molecule has 0 radical (unpaired) electrons. The molecule has 0 heterocycles. The zero-order valence-corrected chi connectivity index (χ0v) is 11.3. The van der Waals surface area contributed by atoms with Gasteiger partial charge in [-0.2, -0.15) is 0 Å². The van der Waals surface area contributed by atoms with Gasteiger partial charge in [0, 0.05) is 19.1 Å². The molecule has 0 spiro atoms. The molecule has 0 bridgehead atoms. The van der Waals surface area contributed by atoms with Crippen molar-refractivity contribution in [2.24, 2.45) is 0 Å². The number of benzene rings is 1. The largest absolute Gasteiger partial charge is 0.384 e. The number of ether oxygens (including phenoxy) is 1. The maximum atomic E-state index is 11.6. The number of carbonyl (C=O) groups excluding carboxylic acids is 1. The molecule has 1 amide bonds. The molecule has 4 nitrogen and oxygen atoms in total. The third-order valence-electron chi connectivity index (χ3n) is 2.63. The fourth-order valence-electron chi connectivity index (χ4n) is 1.59. The van der Waals surface area contributed by atoms with Gasteiger partial charge in [-0.25, -0.2) is 0 Å². The Morgan fingerprint density at radius 3 is 2.68 bits per heavy atom. The van der Waals surface area contributed by atoms with E-state index in [1.807, 2.05) is 31.2 Å². The van der Waals surface area contributed by atoms with Crippen LogP contribution in [0.1, 0.15) is 30.5 Å². The molecule has 0 aliphatic rings. The van der Waals surface area contributed by atoms with Gasteiger partial charge in [0.25, 0.3) is 0 Å². The summed E-state index contributed by atoms with van der Waals surface area (Å²) in [5.74, 6) is 5.39. The van der Waals surface area contributed by atoms with Crippen molar-refractivity contribution in [2.45, 2.75) is 19.4 Å². The summed E-state index contributed by atoms with van der Waals surface area (Å²) >= 11 is 0. The number of hydrogen-bond acceptors (Lipinski definition) is 3. The minimum atomic E-state index is -0.145. The van der Waals surface area contributed by atoms with Crippen molar-refractivity contribution in [3.05, 3.63) is 35.4 Å². The summed E-state index contributed by atoms with van der Waals surface area (Å²) in [7, 11) is 1.57. The molecule has 0 saturated carbocycles. The van der Waals surface area contributed by atoms with E-state index in [0.717, 1.165) is 11.1 Å². The van der Waals surface area contributed by atoms with Gasteiger partial charge in [-0.1, -0.05) is 24.0 Å². The maximum Gasteiger partial charge on any atom is 0.222 e. The standard InChI is InChI=1S/C15H19NO3/c1-12(16-15(18)9-11-19-2)14-7-5-13(6-8-14)4-3-10-17/h5-8,12,17H,9-11H2,1-2H3,(H,16,18). The van der Waals surface area contributed by atoms with E-state index in [-0.39, 0.29) is 18.6 Å². The van der Waals surface area contributed by atoms with Crippen molar-refractivity contribution in [2.75, 3.05) is 20.3 Å². The molecule has 1 aromatic rings. The smallest absolute Gasteiger partial charge is 0.222 e. The zero-order valence-electron chi connectivity index (χ0n) is 11.3. The van der Waals surface area contributed by atoms with Crippen LogP contribution in [0.5, 0.6) is 0 Å². The summed E-state index contributed by atoms with van der Waals surface area (Å²) in [4.78, 5) is 11.6. The molecular weight excluding hydrogens is 242 g/mol. The van der Waals surface area contributed by atoms with Crippen LogP contribution >= 0.6 is 0 Å². The first-order valence-electron chi connectivity index (χ1n) is 6.15. The van der Waals surface area contributed by atoms with Gasteiger partial charge in [-0.05, 0) is 24.6 Å². The SMILES string of the molecule is COCCC(=O)NC(C)c1ccc(C#CCO)cc1. The second kappa shape index (κ2) is 8.30. The fraction of sp³-hybridized carbons (Fsp3) is 0.400. The van der Waals surface area contributed by atoms with Gasteiger partial charge >= 0.3 is 0 Å². The summed E-state index contributed by atoms with van der Waals surface area (Å²) in [6.07, 6.45) is 0.362. The summed E-state index contributed by atoms with van der Waals surface area (Å²) in [6.45, 7) is 2.21. The zero-order chi connectivity index (χ0) is 14.1. The van der Waals surface area contributed by atoms with Crippen LogP contribution in [0.4, 0.5) is 0 Å². The van der Waals surface area contributed by atoms with Crippen molar-refractivity contribution >= 4 is 5.91 Å². The minimum absolute atomic E-state index is 0.0292. The van der Waals surface area contributed by atoms with E-state index in [9.17, 15) is 4.79 Å². The minimum Gasteiger partial charge on any atom is -0.384 e. The highest BCUT2D eigenvalue weighted by Gasteiger charge is 2.08. The molecule has 19 heavy (non-hydrogen) atoms. The van der Waals surface area contributed by atoms with Crippen LogP contribution in [-0.2, 0) is 9.53 Å². The third-order valence-corrected chi connectivity index (χ3v) is 2.63. The Bertz CT molecular complexity index is 457. The Balaban J connectivity index is 2.57. The average Bonchev–Trinajstić information content (AvgIpc) is 2.43. The first-order chi connectivity index (χ1) is 9.17. The van der Waals surface area contributed by atoms with Crippen LogP contribution in [0.3, 0.4) is 0 Å². The number of carbonyl (C=O) groups is 1. The van der Waals surface area contributed by atoms with E-state index in [4.69, 9.17) is 9.84 Å². The number of methoxy groups -OCH3 is 1. The Kier molecular flexibility index (Phi) is 6.65. The number of aliphatic hydroxyl groups is 1. The first kappa shape index (κ1) is 15.2. The van der Waals surface area contributed by atoms with E-state index in [2.05, 4.69) is 17.2 Å². The molecule has 1 aromatic carbocycles. The van der Waals surface area contributed by atoms with Gasteiger partial charge in [0.1, 0.15) is 6.61 Å². The lowest BCUT2D eigenvalue weighted by molar-refractivity contribution is -0.122. The van der Waals surface area contributed by atoms with E-state index < -0.39 is 0 Å². The number of aliphatic hydroxyl groups excluding tert-OH is 1. The van der Waals surface area contributed by atoms with Gasteiger partial charge in [-0.15, -0.1) is 0 Å². The summed E-state index contributed by atoms with van der Waals surface area (Å²) in [5, 5.41) is 11.5. The Morgan fingerprint density at radius 2 is 2.11 bits per heavy atom. The predicted molar refractivity (Wildman–Crippen MR) is 73.5 cm³/mol. The van der Waals surface area contributed by atoms with Crippen molar-refractivity contribution < 1.29 is 14.6 Å². The number of hydrogen-bond donors (Lipinski definition) is 2. The van der Waals surface area contributed by atoms with Crippen LogP contribution in [-0.4, -0.2) is 31.3 Å². The lowest BCUT2D eigenvalue weighted by Gasteiger charge is -2.14. The molecule has 2 N–H and O–H groups in total. The highest BCUT2D eigenvalue weighted by Crippen LogP contribution is 2.13. The lowest BCUT2D eigenvalue weighted by atomic mass is 10.1. The van der Waals surface area contributed by atoms with Gasteiger partial charge in [-0.3, -0.25) is 4.79 Å². The second-order valence-corrected chi connectivity index (χ2v) is 4.11. The van der Waals surface area contributed by atoms with Gasteiger partial charge < -0.3 is 15.2 Å². The van der Waals surface area contributed by atoms with Crippen LogP contribution in [0.25, 0.3) is 0 Å². The molecule has 0 aromatic heterocycles. The Labute approximate surface area is 113 Å². The number of rotatable bonds is 5. The van der Waals surface area contributed by atoms with Crippen molar-refractivity contribution in [1.29, 1.82) is 0 Å². The molecule has 0 aliphatic carbocycles. The molecule has 1 atom stereocenters. The van der Waals surface area contributed by atoms with Crippen molar-refractivity contribution in [1.82, 2.24) is 5.32 Å². The fourth-order valence-corrected chi connectivity index (χ4v) is 1.59. The molecule has 0 fully saturated rings. The normalized spacial score (nSPS) is 11.3. The van der Waals surface area contributed by atoms with Gasteiger partial charge in [0.05, 0.1) is 12.6 Å². The Morgan fingerprint density at radius 1 is 1.42 bits per heavy atom. The quantitative estimate of drug-likeness (QED) is 0.784. The summed E-state index contributed by atoms with van der Waals surface area (Å²) in [5.41, 5.74) is 1.86. The van der Waals surface area contributed by atoms with E-state index in [1.54, 1.807) is 7.11 Å². The molecule has 0 saturated heterocycles. The van der Waals surface area contributed by atoms with Crippen molar-refractivity contribution in [3.8, 4) is 11.8 Å². The lowest BCUT2D eigenvalue weighted by Crippen LogP contribution is -2.27. The van der Waals surface area contributed by atoms with E-state index >= 15 is 0 Å². The summed E-state index contributed by atoms with van der Waals surface area (Å²) < 4.78 is 4.86. The molecule has 4 heteroatoms. The van der Waals surface area contributed by atoms with Crippen LogP contribution in [0, 0.1) is 11.8 Å². The molecule has 102 valence electrons. The number of amides is 1. The van der Waals surface area contributed by atoms with Crippen LogP contribution in [0.2, 0.25) is 0 Å². The highest BCUT2D eigenvalue weighted by atomic mass is 16.5. The summed E-state index contributed by atoms with van der Waals surface area (Å²) in [6, 6.07) is 7.53. The average molecular weight is 261 g/mol. The second-order valence-electron chi connectivity index (χ2n) is 4.11. The number of nitrogens with one attached hydrogen (secondary N) is 1. The monoisotopic (exact) mass is 261 g/mol. The highest BCUT2D eigenvalue weighted by molar-refractivity contribution is 5.76. The molecule has 1 unspecified atom stereocenters. The Hall–Kier alpha value is -1.83. The maximum absolute atomic E-state index is 11.6. The molecule has 1 rings (SSSR count). The van der Waals surface area contributed by atoms with E-state index in [1.165, 1.54) is 0 Å². The topological polar surface area (TPSA) is 58.6 Å². The molecule has 0 aliphatic heterocycles. The van der Waals surface area contributed by atoms with Crippen LogP contribution in [0.15, 0.2) is 24.3 Å². The predicted octanol–water partition coefficient (Wildman–Crippen LogP) is 1.24. The van der Waals surface area contributed by atoms with Gasteiger partial charge in [0.15, 0.2) is 0 Å². The van der Waals surface area contributed by atoms with Gasteiger partial charge in [0.2, 0.25) is 5.91 Å².